The Hall–Kier alpha value is -5.13. The first kappa shape index (κ1) is 27.4. The number of fused-ring (bicyclic) bond motifs is 1. The first-order valence-electron chi connectivity index (χ1n) is 12.5. The van der Waals surface area contributed by atoms with Crippen LogP contribution in [0.25, 0.3) is 22.0 Å². The summed E-state index contributed by atoms with van der Waals surface area (Å²) in [5.74, 6) is -0.240. The molecule has 210 valence electrons. The number of nitrogens with one attached hydrogen (secondary N) is 3. The topological polar surface area (TPSA) is 118 Å². The molecule has 1 aromatic carbocycles. The number of nitrogens with zero attached hydrogens (tertiary/aromatic N) is 2. The van der Waals surface area contributed by atoms with Gasteiger partial charge in [0, 0.05) is 46.5 Å². The first-order valence-corrected chi connectivity index (χ1v) is 12.5. The second kappa shape index (κ2) is 11.2. The van der Waals surface area contributed by atoms with Crippen LogP contribution >= 0.6 is 0 Å². The van der Waals surface area contributed by atoms with E-state index in [0.29, 0.717) is 23.4 Å². The van der Waals surface area contributed by atoms with Gasteiger partial charge >= 0.3 is 12.2 Å². The normalized spacial score (nSPS) is 14.8. The largest absolute Gasteiger partial charge is 0.489 e. The van der Waals surface area contributed by atoms with Gasteiger partial charge < -0.3 is 19.8 Å². The Morgan fingerprint density at radius 1 is 1.12 bits per heavy atom. The van der Waals surface area contributed by atoms with Gasteiger partial charge in [0.15, 0.2) is 0 Å². The minimum absolute atomic E-state index is 0.0672. The number of aromatic nitrogens is 3. The molecule has 0 radical (unpaired) electrons. The van der Waals surface area contributed by atoms with E-state index in [0.717, 1.165) is 29.3 Å². The number of alkyl halides is 3. The van der Waals surface area contributed by atoms with E-state index in [1.165, 1.54) is 31.6 Å². The number of urea groups is 1. The minimum Gasteiger partial charge on any atom is -0.489 e. The van der Waals surface area contributed by atoms with Crippen LogP contribution in [-0.4, -0.2) is 46.6 Å². The summed E-state index contributed by atoms with van der Waals surface area (Å²) < 4.78 is 51.5. The SMILES string of the molecule is CCNC(=O)Nc1cc(C2C=C(C(F)(F)F)C=CO2)c(-c2cnc(OC)c(C(=O)c3cc4ccccc4[nH]3)c2)cn1. The van der Waals surface area contributed by atoms with Gasteiger partial charge in [0.05, 0.1) is 30.2 Å². The molecule has 5 rings (SSSR count). The number of halogens is 3. The number of pyridine rings is 2. The third-order valence-electron chi connectivity index (χ3n) is 6.33. The van der Waals surface area contributed by atoms with Crippen LogP contribution in [0, 0.1) is 0 Å². The van der Waals surface area contributed by atoms with Gasteiger partial charge in [-0.25, -0.2) is 14.8 Å². The number of hydrogen-bond donors (Lipinski definition) is 3. The Labute approximate surface area is 232 Å². The van der Waals surface area contributed by atoms with Crippen LogP contribution in [0.4, 0.5) is 23.8 Å². The van der Waals surface area contributed by atoms with Crippen LogP contribution in [0.3, 0.4) is 0 Å². The fourth-order valence-corrected chi connectivity index (χ4v) is 4.41. The summed E-state index contributed by atoms with van der Waals surface area (Å²) in [6, 6.07) is 11.5. The number of carbonyl (C=O) groups is 2. The molecule has 0 spiro atoms. The number of carbonyl (C=O) groups excluding carboxylic acids is 2. The van der Waals surface area contributed by atoms with Crippen molar-refractivity contribution in [3.05, 3.63) is 95.7 Å². The third kappa shape index (κ3) is 5.76. The number of rotatable bonds is 7. The molecular weight excluding hydrogens is 539 g/mol. The molecule has 0 aliphatic carbocycles. The van der Waals surface area contributed by atoms with Crippen LogP contribution in [0.2, 0.25) is 0 Å². The number of allylic oxidation sites excluding steroid dienone is 2. The molecule has 0 bridgehead atoms. The van der Waals surface area contributed by atoms with Gasteiger partial charge in [0.1, 0.15) is 11.9 Å². The van der Waals surface area contributed by atoms with Crippen LogP contribution in [0.1, 0.15) is 34.6 Å². The number of benzene rings is 1. The van der Waals surface area contributed by atoms with Crippen molar-refractivity contribution >= 4 is 28.5 Å². The number of ether oxygens (including phenoxy) is 2. The van der Waals surface area contributed by atoms with E-state index in [1.54, 1.807) is 13.0 Å². The summed E-state index contributed by atoms with van der Waals surface area (Å²) in [6.07, 6.45) is -0.259. The fourth-order valence-electron chi connectivity index (χ4n) is 4.41. The van der Waals surface area contributed by atoms with Crippen LogP contribution in [0.5, 0.6) is 5.88 Å². The molecule has 12 heteroatoms. The maximum Gasteiger partial charge on any atom is 0.416 e. The van der Waals surface area contributed by atoms with Gasteiger partial charge in [-0.3, -0.25) is 10.1 Å². The van der Waals surface area contributed by atoms with E-state index in [2.05, 4.69) is 25.6 Å². The van der Waals surface area contributed by atoms with Crippen molar-refractivity contribution in [2.75, 3.05) is 19.0 Å². The van der Waals surface area contributed by atoms with Gasteiger partial charge in [0.25, 0.3) is 0 Å². The summed E-state index contributed by atoms with van der Waals surface area (Å²) in [4.78, 5) is 37.3. The Morgan fingerprint density at radius 3 is 2.66 bits per heavy atom. The summed E-state index contributed by atoms with van der Waals surface area (Å²) in [5.41, 5.74) is 1.29. The number of anilines is 1. The van der Waals surface area contributed by atoms with Crippen molar-refractivity contribution in [1.29, 1.82) is 0 Å². The van der Waals surface area contributed by atoms with Crippen molar-refractivity contribution in [3.63, 3.8) is 0 Å². The smallest absolute Gasteiger partial charge is 0.416 e. The van der Waals surface area contributed by atoms with Crippen LogP contribution in [-0.2, 0) is 4.74 Å². The minimum atomic E-state index is -4.60. The van der Waals surface area contributed by atoms with Crippen LogP contribution in [0.15, 0.2) is 78.8 Å². The molecule has 1 aliphatic rings. The molecule has 9 nitrogen and oxygen atoms in total. The standard InChI is InChI=1S/C29H24F3N5O4/c1-3-33-28(39)37-25-13-19(24-12-18(8-9-41-24)29(30,31)32)21(15-34-25)17-10-20(27(40-2)35-14-17)26(38)23-11-16-6-4-5-7-22(16)36-23/h4-15,24,36H,3H2,1-2H3,(H2,33,34,37,39). The first-order chi connectivity index (χ1) is 19.7. The van der Waals surface area contributed by atoms with E-state index < -0.39 is 29.7 Å². The molecule has 0 saturated heterocycles. The molecule has 4 aromatic rings. The molecule has 41 heavy (non-hydrogen) atoms. The Morgan fingerprint density at radius 2 is 1.93 bits per heavy atom. The maximum absolute atomic E-state index is 13.6. The van der Waals surface area contributed by atoms with Gasteiger partial charge in [-0.05, 0) is 43.3 Å². The van der Waals surface area contributed by atoms with Crippen molar-refractivity contribution in [2.45, 2.75) is 19.2 Å². The second-order valence-electron chi connectivity index (χ2n) is 9.00. The number of hydrogen-bond acceptors (Lipinski definition) is 6. The highest BCUT2D eigenvalue weighted by atomic mass is 19.4. The molecule has 0 saturated carbocycles. The number of aromatic amines is 1. The van der Waals surface area contributed by atoms with E-state index in [9.17, 15) is 22.8 Å². The maximum atomic E-state index is 13.6. The lowest BCUT2D eigenvalue weighted by molar-refractivity contribution is -0.0901. The molecule has 2 amide bonds. The monoisotopic (exact) mass is 563 g/mol. The van der Waals surface area contributed by atoms with Gasteiger partial charge in [0.2, 0.25) is 11.7 Å². The predicted octanol–water partition coefficient (Wildman–Crippen LogP) is 6.08. The molecule has 3 aromatic heterocycles. The molecule has 1 atom stereocenters. The second-order valence-corrected chi connectivity index (χ2v) is 9.00. The number of H-pyrrole nitrogens is 1. The summed E-state index contributed by atoms with van der Waals surface area (Å²) in [7, 11) is 1.38. The Balaban J connectivity index is 1.60. The lowest BCUT2D eigenvalue weighted by atomic mass is 9.95. The fraction of sp³-hybridized carbons (Fsp3) is 0.172. The highest BCUT2D eigenvalue weighted by Crippen LogP contribution is 2.39. The molecule has 0 fully saturated rings. The highest BCUT2D eigenvalue weighted by Gasteiger charge is 2.35. The van der Waals surface area contributed by atoms with E-state index >= 15 is 0 Å². The Bertz CT molecular complexity index is 1660. The highest BCUT2D eigenvalue weighted by molar-refractivity contribution is 6.12. The number of ketones is 1. The molecule has 4 heterocycles. The lowest BCUT2D eigenvalue weighted by Crippen LogP contribution is -2.28. The number of methoxy groups -OCH3 is 1. The zero-order chi connectivity index (χ0) is 29.1. The average molecular weight is 564 g/mol. The third-order valence-corrected chi connectivity index (χ3v) is 6.33. The molecule has 3 N–H and O–H groups in total. The van der Waals surface area contributed by atoms with Crippen molar-refractivity contribution in [2.24, 2.45) is 0 Å². The number of amides is 2. The van der Waals surface area contributed by atoms with E-state index in [4.69, 9.17) is 9.47 Å². The quantitative estimate of drug-likeness (QED) is 0.235. The zero-order valence-electron chi connectivity index (χ0n) is 21.9. The zero-order valence-corrected chi connectivity index (χ0v) is 21.9. The molecular formula is C29H24F3N5O4. The van der Waals surface area contributed by atoms with Gasteiger partial charge in [-0.15, -0.1) is 0 Å². The lowest BCUT2D eigenvalue weighted by Gasteiger charge is -2.23. The van der Waals surface area contributed by atoms with Crippen LogP contribution < -0.4 is 15.4 Å². The summed E-state index contributed by atoms with van der Waals surface area (Å²) in [5, 5.41) is 5.96. The molecule has 1 unspecified atom stereocenters. The van der Waals surface area contributed by atoms with Crippen molar-refractivity contribution < 1.29 is 32.2 Å². The van der Waals surface area contributed by atoms with E-state index in [1.807, 2.05) is 24.3 Å². The van der Waals surface area contributed by atoms with Crippen molar-refractivity contribution in [3.8, 4) is 17.0 Å². The van der Waals surface area contributed by atoms with E-state index in [-0.39, 0.29) is 22.8 Å². The summed E-state index contributed by atoms with van der Waals surface area (Å²) >= 11 is 0. The summed E-state index contributed by atoms with van der Waals surface area (Å²) in [6.45, 7) is 2.09. The Kier molecular flexibility index (Phi) is 7.47. The van der Waals surface area contributed by atoms with Gasteiger partial charge in [-0.2, -0.15) is 13.2 Å². The average Bonchev–Trinajstić information content (AvgIpc) is 3.41. The number of para-hydroxylation sites is 1. The van der Waals surface area contributed by atoms with Crippen molar-refractivity contribution in [1.82, 2.24) is 20.3 Å². The van der Waals surface area contributed by atoms with Gasteiger partial charge in [-0.1, -0.05) is 18.2 Å². The molecule has 1 aliphatic heterocycles. The predicted molar refractivity (Wildman–Crippen MR) is 146 cm³/mol.